The Balaban J connectivity index is 1.96. The standard InChI is InChI=1S/C22H29IN2O4/c1-5-28-18(26)12-8-11-17-22(13-14-24-19(22)23)15-9-6-7-10-16(15)25(17)20(27)29-21(2,3)4/h6-7,9-10,17H,5,8,11-14H2,1-4H3/t17-,22-/m1/s1. The first-order chi connectivity index (χ1) is 13.7. The van der Waals surface area contributed by atoms with E-state index in [4.69, 9.17) is 14.5 Å². The van der Waals surface area contributed by atoms with Crippen molar-refractivity contribution in [3.63, 3.8) is 0 Å². The zero-order chi connectivity index (χ0) is 21.2. The quantitative estimate of drug-likeness (QED) is 0.411. The number of para-hydroxylation sites is 1. The molecule has 0 N–H and O–H groups in total. The van der Waals surface area contributed by atoms with Crippen molar-refractivity contribution in [3.05, 3.63) is 29.8 Å². The summed E-state index contributed by atoms with van der Waals surface area (Å²) in [5, 5.41) is 0. The summed E-state index contributed by atoms with van der Waals surface area (Å²) >= 11 is 2.32. The van der Waals surface area contributed by atoms with Gasteiger partial charge >= 0.3 is 12.1 Å². The predicted octanol–water partition coefficient (Wildman–Crippen LogP) is 5.02. The van der Waals surface area contributed by atoms with Crippen LogP contribution in [0, 0.1) is 0 Å². The van der Waals surface area contributed by atoms with Crippen LogP contribution in [0.1, 0.15) is 58.9 Å². The van der Waals surface area contributed by atoms with Gasteiger partial charge in [0.15, 0.2) is 0 Å². The second kappa shape index (κ2) is 8.62. The molecular weight excluding hydrogens is 483 g/mol. The van der Waals surface area contributed by atoms with Crippen LogP contribution in [0.3, 0.4) is 0 Å². The van der Waals surface area contributed by atoms with Crippen molar-refractivity contribution in [2.45, 2.75) is 70.4 Å². The number of esters is 1. The summed E-state index contributed by atoms with van der Waals surface area (Å²) in [5.74, 6) is -0.198. The molecule has 2 atom stereocenters. The van der Waals surface area contributed by atoms with Crippen LogP contribution in [0.5, 0.6) is 0 Å². The van der Waals surface area contributed by atoms with Crippen LogP contribution in [0.15, 0.2) is 29.3 Å². The van der Waals surface area contributed by atoms with Crippen LogP contribution >= 0.6 is 22.6 Å². The summed E-state index contributed by atoms with van der Waals surface area (Å²) in [5.41, 5.74) is 1.09. The summed E-state index contributed by atoms with van der Waals surface area (Å²) in [6, 6.07) is 7.90. The molecular formula is C22H29IN2O4. The Morgan fingerprint density at radius 1 is 1.31 bits per heavy atom. The summed E-state index contributed by atoms with van der Waals surface area (Å²) < 4.78 is 11.9. The molecule has 29 heavy (non-hydrogen) atoms. The van der Waals surface area contributed by atoms with E-state index in [1.165, 1.54) is 0 Å². The molecule has 0 aliphatic carbocycles. The number of nitrogens with zero attached hydrogens (tertiary/aromatic N) is 2. The lowest BCUT2D eigenvalue weighted by atomic mass is 9.74. The van der Waals surface area contributed by atoms with E-state index in [-0.39, 0.29) is 23.5 Å². The fourth-order valence-electron chi connectivity index (χ4n) is 4.34. The zero-order valence-electron chi connectivity index (χ0n) is 17.5. The van der Waals surface area contributed by atoms with Crippen molar-refractivity contribution in [2.75, 3.05) is 18.1 Å². The fourth-order valence-corrected chi connectivity index (χ4v) is 5.50. The molecule has 3 rings (SSSR count). The molecule has 0 saturated carbocycles. The van der Waals surface area contributed by atoms with E-state index in [1.54, 1.807) is 4.90 Å². The topological polar surface area (TPSA) is 68.2 Å². The first kappa shape index (κ1) is 22.1. The van der Waals surface area contributed by atoms with Gasteiger partial charge in [-0.25, -0.2) is 4.79 Å². The Kier molecular flexibility index (Phi) is 6.55. The molecule has 0 bridgehead atoms. The van der Waals surface area contributed by atoms with E-state index in [9.17, 15) is 9.59 Å². The molecule has 0 saturated heterocycles. The molecule has 6 nitrogen and oxygen atoms in total. The third kappa shape index (κ3) is 4.29. The summed E-state index contributed by atoms with van der Waals surface area (Å²) in [4.78, 5) is 31.6. The number of ether oxygens (including phenoxy) is 2. The Bertz CT molecular complexity index is 817. The van der Waals surface area contributed by atoms with Crippen LogP contribution in [-0.2, 0) is 19.7 Å². The normalized spacial score (nSPS) is 23.1. The minimum Gasteiger partial charge on any atom is -0.466 e. The maximum Gasteiger partial charge on any atom is 0.415 e. The third-order valence-electron chi connectivity index (χ3n) is 5.40. The van der Waals surface area contributed by atoms with E-state index in [2.05, 4.69) is 28.7 Å². The molecule has 0 unspecified atom stereocenters. The average molecular weight is 512 g/mol. The lowest BCUT2D eigenvalue weighted by Crippen LogP contribution is -2.50. The summed E-state index contributed by atoms with van der Waals surface area (Å²) in [7, 11) is 0. The largest absolute Gasteiger partial charge is 0.466 e. The number of carbonyl (C=O) groups excluding carboxylic acids is 2. The van der Waals surface area contributed by atoms with E-state index in [0.717, 1.165) is 27.9 Å². The summed E-state index contributed by atoms with van der Waals surface area (Å²) in [6.45, 7) is 8.55. The number of anilines is 1. The molecule has 1 aromatic carbocycles. The number of rotatable bonds is 5. The zero-order valence-corrected chi connectivity index (χ0v) is 19.7. The van der Waals surface area contributed by atoms with E-state index >= 15 is 0 Å². The fraction of sp³-hybridized carbons (Fsp3) is 0.591. The maximum atomic E-state index is 13.3. The van der Waals surface area contributed by atoms with Crippen LogP contribution in [0.4, 0.5) is 10.5 Å². The molecule has 0 fully saturated rings. The number of fused-ring (bicyclic) bond motifs is 2. The van der Waals surface area contributed by atoms with Gasteiger partial charge < -0.3 is 9.47 Å². The van der Waals surface area contributed by atoms with Crippen molar-refractivity contribution in [1.82, 2.24) is 0 Å². The lowest BCUT2D eigenvalue weighted by Gasteiger charge is -2.36. The minimum atomic E-state index is -0.589. The smallest absolute Gasteiger partial charge is 0.415 e. The summed E-state index contributed by atoms with van der Waals surface area (Å²) in [6.07, 6.45) is 2.16. The number of hydrogen-bond donors (Lipinski definition) is 0. The SMILES string of the molecule is CCOC(=O)CCC[C@H]1N(C(=O)OC(C)(C)C)c2ccccc2[C@]12CCN=C2I. The van der Waals surface area contributed by atoms with Crippen LogP contribution in [-0.4, -0.2) is 40.6 Å². The van der Waals surface area contributed by atoms with Crippen LogP contribution in [0.25, 0.3) is 0 Å². The van der Waals surface area contributed by atoms with Gasteiger partial charge in [-0.1, -0.05) is 18.2 Å². The average Bonchev–Trinajstić information content (AvgIpc) is 3.14. The Morgan fingerprint density at radius 2 is 2.03 bits per heavy atom. The van der Waals surface area contributed by atoms with Crippen molar-refractivity contribution in [1.29, 1.82) is 0 Å². The highest BCUT2D eigenvalue weighted by atomic mass is 127. The molecule has 1 aromatic rings. The third-order valence-corrected chi connectivity index (χ3v) is 6.71. The van der Waals surface area contributed by atoms with Crippen molar-refractivity contribution >= 4 is 44.1 Å². The van der Waals surface area contributed by atoms with Gasteiger partial charge in [0.1, 0.15) is 5.60 Å². The van der Waals surface area contributed by atoms with Crippen molar-refractivity contribution < 1.29 is 19.1 Å². The van der Waals surface area contributed by atoms with Crippen LogP contribution < -0.4 is 4.90 Å². The Hall–Kier alpha value is -1.64. The number of benzene rings is 1. The predicted molar refractivity (Wildman–Crippen MR) is 122 cm³/mol. The minimum absolute atomic E-state index is 0.137. The van der Waals surface area contributed by atoms with Crippen molar-refractivity contribution in [2.24, 2.45) is 4.99 Å². The van der Waals surface area contributed by atoms with E-state index in [1.807, 2.05) is 45.9 Å². The van der Waals surface area contributed by atoms with Gasteiger partial charge in [-0.05, 0) is 81.2 Å². The highest BCUT2D eigenvalue weighted by molar-refractivity contribution is 14.1. The number of carbonyl (C=O) groups is 2. The highest BCUT2D eigenvalue weighted by Gasteiger charge is 2.56. The molecule has 2 aliphatic heterocycles. The molecule has 0 aromatic heterocycles. The number of amides is 1. The molecule has 2 heterocycles. The van der Waals surface area contributed by atoms with Gasteiger partial charge in [-0.15, -0.1) is 0 Å². The first-order valence-corrected chi connectivity index (χ1v) is 11.3. The molecule has 1 amide bonds. The Labute approximate surface area is 186 Å². The van der Waals surface area contributed by atoms with Gasteiger partial charge in [-0.3, -0.25) is 14.7 Å². The highest BCUT2D eigenvalue weighted by Crippen LogP contribution is 2.53. The second-order valence-electron chi connectivity index (χ2n) is 8.47. The molecule has 2 aliphatic rings. The van der Waals surface area contributed by atoms with E-state index in [0.29, 0.717) is 25.9 Å². The lowest BCUT2D eigenvalue weighted by molar-refractivity contribution is -0.143. The monoisotopic (exact) mass is 512 g/mol. The Morgan fingerprint density at radius 3 is 2.66 bits per heavy atom. The van der Waals surface area contributed by atoms with Gasteiger partial charge in [0, 0.05) is 13.0 Å². The van der Waals surface area contributed by atoms with Gasteiger partial charge in [-0.2, -0.15) is 0 Å². The van der Waals surface area contributed by atoms with Gasteiger partial charge in [0.2, 0.25) is 0 Å². The molecule has 1 spiro atoms. The van der Waals surface area contributed by atoms with Crippen LogP contribution in [0.2, 0.25) is 0 Å². The maximum absolute atomic E-state index is 13.3. The molecule has 0 radical (unpaired) electrons. The first-order valence-electron chi connectivity index (χ1n) is 10.2. The van der Waals surface area contributed by atoms with Gasteiger partial charge in [0.25, 0.3) is 0 Å². The number of halogens is 1. The van der Waals surface area contributed by atoms with E-state index < -0.39 is 5.60 Å². The number of hydrogen-bond acceptors (Lipinski definition) is 5. The van der Waals surface area contributed by atoms with Gasteiger partial charge in [0.05, 0.1) is 27.5 Å². The number of aliphatic imine (C=N–C) groups is 1. The molecule has 158 valence electrons. The second-order valence-corrected chi connectivity index (χ2v) is 9.50. The molecule has 7 heteroatoms. The van der Waals surface area contributed by atoms with Crippen molar-refractivity contribution in [3.8, 4) is 0 Å².